The lowest BCUT2D eigenvalue weighted by Gasteiger charge is -2.15. The van der Waals surface area contributed by atoms with E-state index in [1.807, 2.05) is 31.2 Å². The van der Waals surface area contributed by atoms with Gasteiger partial charge in [-0.1, -0.05) is 40.3 Å². The summed E-state index contributed by atoms with van der Waals surface area (Å²) in [6.45, 7) is 2.03. The maximum Gasteiger partial charge on any atom is 0.236 e. The Morgan fingerprint density at radius 2 is 1.92 bits per heavy atom. The minimum absolute atomic E-state index is 0.129. The van der Waals surface area contributed by atoms with Gasteiger partial charge in [0.1, 0.15) is 0 Å². The second-order valence-corrected chi connectivity index (χ2v) is 3.68. The molecule has 13 heavy (non-hydrogen) atoms. The highest BCUT2D eigenvalue weighted by atomic mass is 127. The summed E-state index contributed by atoms with van der Waals surface area (Å²) in [5, 5.41) is 0. The summed E-state index contributed by atoms with van der Waals surface area (Å²) in [5.74, 6) is 0.129. The van der Waals surface area contributed by atoms with Crippen LogP contribution in [-0.4, -0.2) is 17.4 Å². The Labute approximate surface area is 92.1 Å². The Balaban J connectivity index is 2.83. The third-order valence-corrected chi connectivity index (χ3v) is 2.56. The molecule has 0 aliphatic rings. The molecular weight excluding hydrogens is 277 g/mol. The quantitative estimate of drug-likeness (QED) is 0.604. The maximum atomic E-state index is 11.3. The first-order chi connectivity index (χ1) is 6.15. The molecular formula is C10H12INO. The van der Waals surface area contributed by atoms with E-state index < -0.39 is 0 Å². The van der Waals surface area contributed by atoms with Gasteiger partial charge in [-0.3, -0.25) is 4.79 Å². The molecule has 0 radical (unpaired) electrons. The predicted molar refractivity (Wildman–Crippen MR) is 63.5 cm³/mol. The number of alkyl halides is 1. The largest absolute Gasteiger partial charge is 0.315 e. The number of carbonyl (C=O) groups is 1. The fraction of sp³-hybridized carbons (Fsp3) is 0.300. The lowest BCUT2D eigenvalue weighted by Crippen LogP contribution is -2.26. The Hall–Kier alpha value is -0.580. The molecule has 70 valence electrons. The first-order valence-electron chi connectivity index (χ1n) is 4.04. The molecule has 0 saturated heterocycles. The van der Waals surface area contributed by atoms with Crippen LogP contribution in [0.4, 0.5) is 5.69 Å². The van der Waals surface area contributed by atoms with Gasteiger partial charge in [-0.15, -0.1) is 0 Å². The topological polar surface area (TPSA) is 20.3 Å². The van der Waals surface area contributed by atoms with Crippen LogP contribution in [0.25, 0.3) is 0 Å². The van der Waals surface area contributed by atoms with Gasteiger partial charge in [0.05, 0.1) is 4.43 Å². The van der Waals surface area contributed by atoms with Crippen LogP contribution in [0.1, 0.15) is 5.56 Å². The average Bonchev–Trinajstić information content (AvgIpc) is 2.17. The fourth-order valence-corrected chi connectivity index (χ4v) is 1.51. The molecule has 0 aliphatic carbocycles. The molecule has 0 N–H and O–H groups in total. The normalized spacial score (nSPS) is 9.77. The van der Waals surface area contributed by atoms with Crippen LogP contribution >= 0.6 is 22.6 Å². The van der Waals surface area contributed by atoms with Crippen LogP contribution in [-0.2, 0) is 4.79 Å². The van der Waals surface area contributed by atoms with E-state index in [1.54, 1.807) is 11.9 Å². The Morgan fingerprint density at radius 1 is 1.38 bits per heavy atom. The van der Waals surface area contributed by atoms with Crippen LogP contribution in [0, 0.1) is 6.92 Å². The molecule has 1 aromatic carbocycles. The molecule has 1 aromatic rings. The number of nitrogens with zero attached hydrogens (tertiary/aromatic N) is 1. The molecule has 2 nitrogen and oxygen atoms in total. The van der Waals surface area contributed by atoms with E-state index in [0.717, 1.165) is 5.69 Å². The van der Waals surface area contributed by atoms with Crippen LogP contribution in [0.3, 0.4) is 0 Å². The Morgan fingerprint density at radius 3 is 2.38 bits per heavy atom. The van der Waals surface area contributed by atoms with Crippen molar-refractivity contribution < 1.29 is 4.79 Å². The number of rotatable bonds is 2. The van der Waals surface area contributed by atoms with Crippen molar-refractivity contribution in [3.8, 4) is 0 Å². The zero-order valence-electron chi connectivity index (χ0n) is 7.75. The molecule has 0 heterocycles. The van der Waals surface area contributed by atoms with Crippen molar-refractivity contribution in [1.82, 2.24) is 0 Å². The Bertz CT molecular complexity index is 294. The van der Waals surface area contributed by atoms with Gasteiger partial charge in [0.15, 0.2) is 0 Å². The minimum atomic E-state index is 0.129. The highest BCUT2D eigenvalue weighted by Gasteiger charge is 2.07. The van der Waals surface area contributed by atoms with E-state index in [9.17, 15) is 4.79 Å². The van der Waals surface area contributed by atoms with Gasteiger partial charge in [-0.25, -0.2) is 0 Å². The molecule has 0 saturated carbocycles. The van der Waals surface area contributed by atoms with Gasteiger partial charge in [-0.05, 0) is 19.1 Å². The lowest BCUT2D eigenvalue weighted by molar-refractivity contribution is -0.115. The number of carbonyl (C=O) groups excluding carboxylic acids is 1. The standard InChI is InChI=1S/C10H12INO/c1-8-3-5-9(6-4-8)12(2)10(13)7-11/h3-6H,7H2,1-2H3. The van der Waals surface area contributed by atoms with Crippen LogP contribution in [0.2, 0.25) is 0 Å². The second-order valence-electron chi connectivity index (χ2n) is 2.92. The summed E-state index contributed by atoms with van der Waals surface area (Å²) in [6, 6.07) is 7.93. The van der Waals surface area contributed by atoms with Gasteiger partial charge < -0.3 is 4.90 Å². The summed E-state index contributed by atoms with van der Waals surface area (Å²) >= 11 is 2.07. The number of benzene rings is 1. The number of hydrogen-bond donors (Lipinski definition) is 0. The van der Waals surface area contributed by atoms with E-state index in [1.165, 1.54) is 5.56 Å². The molecule has 0 aliphatic heterocycles. The van der Waals surface area contributed by atoms with E-state index >= 15 is 0 Å². The lowest BCUT2D eigenvalue weighted by atomic mass is 10.2. The van der Waals surface area contributed by atoms with Gasteiger partial charge in [-0.2, -0.15) is 0 Å². The fourth-order valence-electron chi connectivity index (χ4n) is 1.00. The monoisotopic (exact) mass is 289 g/mol. The van der Waals surface area contributed by atoms with Crippen LogP contribution in [0.15, 0.2) is 24.3 Å². The molecule has 3 heteroatoms. The third kappa shape index (κ3) is 2.69. The first kappa shape index (κ1) is 10.5. The van der Waals surface area contributed by atoms with Crippen molar-refractivity contribution in [2.24, 2.45) is 0 Å². The average molecular weight is 289 g/mol. The summed E-state index contributed by atoms with van der Waals surface area (Å²) in [6.07, 6.45) is 0. The molecule has 0 fully saturated rings. The second kappa shape index (κ2) is 4.60. The number of amides is 1. The van der Waals surface area contributed by atoms with Gasteiger partial charge >= 0.3 is 0 Å². The van der Waals surface area contributed by atoms with E-state index in [-0.39, 0.29) is 5.91 Å². The van der Waals surface area contributed by atoms with Gasteiger partial charge in [0.25, 0.3) is 0 Å². The van der Waals surface area contributed by atoms with Crippen LogP contribution < -0.4 is 4.90 Å². The first-order valence-corrected chi connectivity index (χ1v) is 5.57. The molecule has 0 aromatic heterocycles. The highest BCUT2D eigenvalue weighted by Crippen LogP contribution is 2.13. The van der Waals surface area contributed by atoms with Crippen molar-refractivity contribution in [2.75, 3.05) is 16.4 Å². The van der Waals surface area contributed by atoms with Crippen LogP contribution in [0.5, 0.6) is 0 Å². The molecule has 0 spiro atoms. The zero-order chi connectivity index (χ0) is 9.84. The van der Waals surface area contributed by atoms with Crippen molar-refractivity contribution in [1.29, 1.82) is 0 Å². The van der Waals surface area contributed by atoms with Crippen molar-refractivity contribution in [3.63, 3.8) is 0 Å². The molecule has 0 bridgehead atoms. The van der Waals surface area contributed by atoms with Gasteiger partial charge in [0, 0.05) is 12.7 Å². The number of aryl methyl sites for hydroxylation is 1. The predicted octanol–water partition coefficient (Wildman–Crippen LogP) is 2.39. The van der Waals surface area contributed by atoms with Crippen molar-refractivity contribution >= 4 is 34.2 Å². The van der Waals surface area contributed by atoms with Crippen molar-refractivity contribution in [3.05, 3.63) is 29.8 Å². The van der Waals surface area contributed by atoms with E-state index in [4.69, 9.17) is 0 Å². The van der Waals surface area contributed by atoms with Gasteiger partial charge in [0.2, 0.25) is 5.91 Å². The SMILES string of the molecule is Cc1ccc(N(C)C(=O)CI)cc1. The zero-order valence-corrected chi connectivity index (χ0v) is 9.91. The molecule has 1 rings (SSSR count). The minimum Gasteiger partial charge on any atom is -0.315 e. The maximum absolute atomic E-state index is 11.3. The summed E-state index contributed by atoms with van der Waals surface area (Å²) in [4.78, 5) is 13.0. The molecule has 1 amide bonds. The van der Waals surface area contributed by atoms with E-state index in [2.05, 4.69) is 22.6 Å². The highest BCUT2D eigenvalue weighted by molar-refractivity contribution is 14.1. The number of halogens is 1. The smallest absolute Gasteiger partial charge is 0.236 e. The van der Waals surface area contributed by atoms with Crippen molar-refractivity contribution in [2.45, 2.75) is 6.92 Å². The van der Waals surface area contributed by atoms with E-state index in [0.29, 0.717) is 4.43 Å². The summed E-state index contributed by atoms with van der Waals surface area (Å²) in [7, 11) is 1.80. The summed E-state index contributed by atoms with van der Waals surface area (Å²) in [5.41, 5.74) is 2.16. The number of anilines is 1. The molecule has 0 atom stereocenters. The Kier molecular flexibility index (Phi) is 3.71. The summed E-state index contributed by atoms with van der Waals surface area (Å²) < 4.78 is 0.516. The molecule has 0 unspecified atom stereocenters. The number of hydrogen-bond acceptors (Lipinski definition) is 1. The third-order valence-electron chi connectivity index (χ3n) is 1.91.